The second-order valence-corrected chi connectivity index (χ2v) is 6.01. The summed E-state index contributed by atoms with van der Waals surface area (Å²) in [7, 11) is 0. The van der Waals surface area contributed by atoms with Crippen LogP contribution in [0.1, 0.15) is 31.9 Å². The zero-order chi connectivity index (χ0) is 13.8. The zero-order valence-corrected chi connectivity index (χ0v) is 14.8. The van der Waals surface area contributed by atoms with Crippen LogP contribution in [0.4, 0.5) is 4.39 Å². The maximum Gasteiger partial charge on any atom is 0.142 e. The van der Waals surface area contributed by atoms with Crippen LogP contribution in [0.25, 0.3) is 0 Å². The molecule has 1 N–H and O–H groups in total. The third kappa shape index (κ3) is 5.91. The molecular formula is C15H24Cl3FN2. The quantitative estimate of drug-likeness (QED) is 0.863. The van der Waals surface area contributed by atoms with Crippen LogP contribution in [-0.4, -0.2) is 31.1 Å². The van der Waals surface area contributed by atoms with Gasteiger partial charge in [0.2, 0.25) is 0 Å². The number of nitrogens with zero attached hydrogens (tertiary/aromatic N) is 1. The van der Waals surface area contributed by atoms with E-state index in [4.69, 9.17) is 11.6 Å². The minimum Gasteiger partial charge on any atom is -0.314 e. The molecule has 0 saturated carbocycles. The van der Waals surface area contributed by atoms with E-state index in [-0.39, 0.29) is 41.7 Å². The number of hydrogen-bond acceptors (Lipinski definition) is 2. The molecule has 6 heteroatoms. The minimum absolute atomic E-state index is 0. The third-order valence-electron chi connectivity index (χ3n) is 3.62. The van der Waals surface area contributed by atoms with Crippen molar-refractivity contribution in [2.45, 2.75) is 26.3 Å². The summed E-state index contributed by atoms with van der Waals surface area (Å²) in [6.07, 6.45) is 1.04. The average Bonchev–Trinajstić information content (AvgIpc) is 2.40. The molecule has 1 saturated heterocycles. The van der Waals surface area contributed by atoms with Crippen molar-refractivity contribution in [3.8, 4) is 0 Å². The molecule has 1 aliphatic heterocycles. The summed E-state index contributed by atoms with van der Waals surface area (Å²) in [6, 6.07) is 5.51. The molecule has 1 fully saturated rings. The lowest BCUT2D eigenvalue weighted by Crippen LogP contribution is -2.45. The van der Waals surface area contributed by atoms with E-state index >= 15 is 0 Å². The molecule has 1 heterocycles. The van der Waals surface area contributed by atoms with Gasteiger partial charge in [0, 0.05) is 32.2 Å². The number of rotatable bonds is 4. The van der Waals surface area contributed by atoms with Crippen LogP contribution in [0, 0.1) is 11.7 Å². The highest BCUT2D eigenvalue weighted by atomic mass is 35.5. The summed E-state index contributed by atoms with van der Waals surface area (Å²) in [5, 5.41) is 3.56. The molecule has 1 aliphatic rings. The van der Waals surface area contributed by atoms with Crippen molar-refractivity contribution in [1.82, 2.24) is 10.2 Å². The summed E-state index contributed by atoms with van der Waals surface area (Å²) >= 11 is 5.78. The fourth-order valence-electron chi connectivity index (χ4n) is 2.66. The number of benzene rings is 1. The topological polar surface area (TPSA) is 15.3 Å². The summed E-state index contributed by atoms with van der Waals surface area (Å²) in [4.78, 5) is 2.44. The first kappa shape index (κ1) is 20.9. The van der Waals surface area contributed by atoms with Gasteiger partial charge >= 0.3 is 0 Å². The molecular weight excluding hydrogens is 334 g/mol. The van der Waals surface area contributed by atoms with Gasteiger partial charge < -0.3 is 5.32 Å². The molecule has 2 nitrogen and oxygen atoms in total. The Hall–Kier alpha value is -0.0600. The Morgan fingerprint density at radius 2 is 1.86 bits per heavy atom. The van der Waals surface area contributed by atoms with Gasteiger partial charge in [-0.25, -0.2) is 4.39 Å². The normalized spacial score (nSPS) is 17.0. The predicted octanol–water partition coefficient (Wildman–Crippen LogP) is 4.32. The van der Waals surface area contributed by atoms with Crippen LogP contribution in [0.5, 0.6) is 0 Å². The van der Waals surface area contributed by atoms with E-state index in [2.05, 4.69) is 24.1 Å². The number of hydrogen-bond donors (Lipinski definition) is 1. The molecule has 0 aliphatic carbocycles. The molecule has 0 radical (unpaired) electrons. The Morgan fingerprint density at radius 3 is 2.38 bits per heavy atom. The van der Waals surface area contributed by atoms with Crippen LogP contribution < -0.4 is 5.32 Å². The molecule has 122 valence electrons. The van der Waals surface area contributed by atoms with E-state index in [9.17, 15) is 4.39 Å². The zero-order valence-electron chi connectivity index (χ0n) is 12.4. The van der Waals surface area contributed by atoms with Crippen molar-refractivity contribution in [3.05, 3.63) is 34.6 Å². The first-order valence-corrected chi connectivity index (χ1v) is 7.35. The van der Waals surface area contributed by atoms with Crippen molar-refractivity contribution in [3.63, 3.8) is 0 Å². The van der Waals surface area contributed by atoms with E-state index in [0.29, 0.717) is 5.92 Å². The fraction of sp³-hybridized carbons (Fsp3) is 0.600. The number of halogens is 4. The highest BCUT2D eigenvalue weighted by Gasteiger charge is 2.23. The Kier molecular flexibility index (Phi) is 9.83. The van der Waals surface area contributed by atoms with Gasteiger partial charge in [0.1, 0.15) is 5.82 Å². The summed E-state index contributed by atoms with van der Waals surface area (Å²) in [6.45, 7) is 8.46. The SMILES string of the molecule is CC(C)C[C@H](c1ccc(Cl)c(F)c1)N1CCNCC1.Cl.Cl. The van der Waals surface area contributed by atoms with E-state index in [1.807, 2.05) is 6.07 Å². The molecule has 0 spiro atoms. The Bertz CT molecular complexity index is 423. The van der Waals surface area contributed by atoms with E-state index in [1.165, 1.54) is 0 Å². The lowest BCUT2D eigenvalue weighted by atomic mass is 9.95. The summed E-state index contributed by atoms with van der Waals surface area (Å²) < 4.78 is 13.7. The van der Waals surface area contributed by atoms with Gasteiger partial charge in [-0.3, -0.25) is 4.90 Å². The minimum atomic E-state index is -0.317. The van der Waals surface area contributed by atoms with Gasteiger partial charge in [-0.15, -0.1) is 24.8 Å². The predicted molar refractivity (Wildman–Crippen MR) is 92.5 cm³/mol. The number of nitrogens with one attached hydrogen (secondary N) is 1. The second-order valence-electron chi connectivity index (χ2n) is 5.60. The van der Waals surface area contributed by atoms with Crippen LogP contribution in [0.2, 0.25) is 5.02 Å². The molecule has 0 amide bonds. The maximum absolute atomic E-state index is 13.7. The lowest BCUT2D eigenvalue weighted by molar-refractivity contribution is 0.154. The lowest BCUT2D eigenvalue weighted by Gasteiger charge is -2.36. The summed E-state index contributed by atoms with van der Waals surface area (Å²) in [5.41, 5.74) is 1.04. The van der Waals surface area contributed by atoms with Crippen molar-refractivity contribution in [2.24, 2.45) is 5.92 Å². The molecule has 0 bridgehead atoms. The molecule has 1 atom stereocenters. The van der Waals surface area contributed by atoms with Gasteiger partial charge in [0.25, 0.3) is 0 Å². The van der Waals surface area contributed by atoms with Gasteiger partial charge in [-0.2, -0.15) is 0 Å². The highest BCUT2D eigenvalue weighted by Crippen LogP contribution is 2.30. The van der Waals surface area contributed by atoms with Gasteiger partial charge in [-0.1, -0.05) is 31.5 Å². The average molecular weight is 358 g/mol. The van der Waals surface area contributed by atoms with Crippen molar-refractivity contribution >= 4 is 36.4 Å². The fourth-order valence-corrected chi connectivity index (χ4v) is 2.77. The maximum atomic E-state index is 13.7. The molecule has 21 heavy (non-hydrogen) atoms. The van der Waals surface area contributed by atoms with Gasteiger partial charge in [-0.05, 0) is 30.0 Å². The van der Waals surface area contributed by atoms with E-state index in [1.54, 1.807) is 12.1 Å². The standard InChI is InChI=1S/C15H22ClFN2.2ClH/c1-11(2)9-15(19-7-5-18-6-8-19)12-3-4-13(16)14(17)10-12;;/h3-4,10-11,15,18H,5-9H2,1-2H3;2*1H/t15-;;/m1../s1. The second kappa shape index (κ2) is 9.86. The van der Waals surface area contributed by atoms with Crippen molar-refractivity contribution in [1.29, 1.82) is 0 Å². The van der Waals surface area contributed by atoms with Crippen LogP contribution in [0.3, 0.4) is 0 Å². The summed E-state index contributed by atoms with van der Waals surface area (Å²) in [5.74, 6) is 0.265. The van der Waals surface area contributed by atoms with Gasteiger partial charge in [0.15, 0.2) is 0 Å². The highest BCUT2D eigenvalue weighted by molar-refractivity contribution is 6.30. The molecule has 0 unspecified atom stereocenters. The van der Waals surface area contributed by atoms with E-state index < -0.39 is 0 Å². The molecule has 2 rings (SSSR count). The van der Waals surface area contributed by atoms with Crippen LogP contribution in [-0.2, 0) is 0 Å². The Balaban J connectivity index is 0.00000200. The van der Waals surface area contributed by atoms with Crippen LogP contribution in [0.15, 0.2) is 18.2 Å². The number of piperazine rings is 1. The first-order chi connectivity index (χ1) is 9.08. The van der Waals surface area contributed by atoms with E-state index in [0.717, 1.165) is 38.2 Å². The first-order valence-electron chi connectivity index (χ1n) is 6.97. The molecule has 0 aromatic heterocycles. The largest absolute Gasteiger partial charge is 0.314 e. The van der Waals surface area contributed by atoms with Crippen molar-refractivity contribution < 1.29 is 4.39 Å². The van der Waals surface area contributed by atoms with Crippen molar-refractivity contribution in [2.75, 3.05) is 26.2 Å². The molecule has 1 aromatic carbocycles. The third-order valence-corrected chi connectivity index (χ3v) is 3.92. The van der Waals surface area contributed by atoms with Crippen LogP contribution >= 0.6 is 36.4 Å². The van der Waals surface area contributed by atoms with Gasteiger partial charge in [0.05, 0.1) is 5.02 Å². The Morgan fingerprint density at radius 1 is 1.24 bits per heavy atom. The monoisotopic (exact) mass is 356 g/mol. The Labute approximate surface area is 144 Å². The molecule has 1 aromatic rings. The smallest absolute Gasteiger partial charge is 0.142 e.